The molecule has 0 unspecified atom stereocenters. The van der Waals surface area contributed by atoms with Crippen LogP contribution in [-0.2, 0) is 0 Å². The molecule has 1 aliphatic rings. The van der Waals surface area contributed by atoms with Crippen LogP contribution < -0.4 is 0 Å². The van der Waals surface area contributed by atoms with Gasteiger partial charge in [0, 0.05) is 18.6 Å². The van der Waals surface area contributed by atoms with E-state index < -0.39 is 0 Å². The molecule has 1 atom stereocenters. The standard InChI is InChI=1S/C9H17N/c1-7(2)10-6-8(3)5-9(10)4/h7,9H,3,5-6H2,1-2,4H3/t9-/m1/s1. The van der Waals surface area contributed by atoms with Crippen LogP contribution in [0.3, 0.4) is 0 Å². The summed E-state index contributed by atoms with van der Waals surface area (Å²) in [7, 11) is 0. The molecular weight excluding hydrogens is 122 g/mol. The summed E-state index contributed by atoms with van der Waals surface area (Å²) in [4.78, 5) is 2.49. The van der Waals surface area contributed by atoms with Crippen molar-refractivity contribution in [2.45, 2.75) is 39.3 Å². The smallest absolute Gasteiger partial charge is 0.0196 e. The summed E-state index contributed by atoms with van der Waals surface area (Å²) in [6, 6.07) is 1.39. The Morgan fingerprint density at radius 1 is 1.60 bits per heavy atom. The molecule has 1 nitrogen and oxygen atoms in total. The van der Waals surface area contributed by atoms with Crippen LogP contribution in [0.1, 0.15) is 27.2 Å². The highest BCUT2D eigenvalue weighted by Crippen LogP contribution is 2.22. The largest absolute Gasteiger partial charge is 0.294 e. The lowest BCUT2D eigenvalue weighted by Gasteiger charge is -2.24. The Labute approximate surface area is 63.7 Å². The molecule has 1 heteroatoms. The summed E-state index contributed by atoms with van der Waals surface area (Å²) in [6.07, 6.45) is 1.19. The maximum atomic E-state index is 4.00. The average molecular weight is 139 g/mol. The number of likely N-dealkylation sites (tertiary alicyclic amines) is 1. The molecule has 0 aliphatic carbocycles. The molecule has 0 bridgehead atoms. The lowest BCUT2D eigenvalue weighted by atomic mass is 10.2. The number of hydrogen-bond acceptors (Lipinski definition) is 1. The highest BCUT2D eigenvalue weighted by Gasteiger charge is 2.24. The Morgan fingerprint density at radius 2 is 2.20 bits per heavy atom. The molecule has 0 amide bonds. The summed E-state index contributed by atoms with van der Waals surface area (Å²) in [5.41, 5.74) is 1.39. The molecule has 0 radical (unpaired) electrons. The Morgan fingerprint density at radius 3 is 2.40 bits per heavy atom. The average Bonchev–Trinajstić information content (AvgIpc) is 2.10. The van der Waals surface area contributed by atoms with E-state index >= 15 is 0 Å². The maximum Gasteiger partial charge on any atom is 0.0196 e. The quantitative estimate of drug-likeness (QED) is 0.502. The van der Waals surface area contributed by atoms with Crippen LogP contribution in [0.2, 0.25) is 0 Å². The molecule has 1 saturated heterocycles. The predicted molar refractivity (Wildman–Crippen MR) is 45.1 cm³/mol. The highest BCUT2D eigenvalue weighted by atomic mass is 15.2. The SMILES string of the molecule is C=C1C[C@@H](C)N(C(C)C)C1. The van der Waals surface area contributed by atoms with Crippen LogP contribution in [0.5, 0.6) is 0 Å². The zero-order chi connectivity index (χ0) is 7.72. The molecule has 0 N–H and O–H groups in total. The van der Waals surface area contributed by atoms with Crippen molar-refractivity contribution in [2.75, 3.05) is 6.54 Å². The monoisotopic (exact) mass is 139 g/mol. The second-order valence-electron chi connectivity index (χ2n) is 3.57. The normalized spacial score (nSPS) is 28.4. The Kier molecular flexibility index (Phi) is 2.14. The Balaban J connectivity index is 2.54. The molecular formula is C9H17N. The highest BCUT2D eigenvalue weighted by molar-refractivity contribution is 5.07. The van der Waals surface area contributed by atoms with Gasteiger partial charge in [-0.15, -0.1) is 0 Å². The van der Waals surface area contributed by atoms with Crippen molar-refractivity contribution in [3.63, 3.8) is 0 Å². The van der Waals surface area contributed by atoms with Crippen molar-refractivity contribution in [3.8, 4) is 0 Å². The van der Waals surface area contributed by atoms with Crippen molar-refractivity contribution < 1.29 is 0 Å². The van der Waals surface area contributed by atoms with Crippen LogP contribution in [0.15, 0.2) is 12.2 Å². The second-order valence-corrected chi connectivity index (χ2v) is 3.57. The van der Waals surface area contributed by atoms with Crippen LogP contribution >= 0.6 is 0 Å². The maximum absolute atomic E-state index is 4.00. The molecule has 10 heavy (non-hydrogen) atoms. The van der Waals surface area contributed by atoms with E-state index in [9.17, 15) is 0 Å². The lowest BCUT2D eigenvalue weighted by Crippen LogP contribution is -2.33. The van der Waals surface area contributed by atoms with Gasteiger partial charge in [0.2, 0.25) is 0 Å². The van der Waals surface area contributed by atoms with Gasteiger partial charge in [-0.1, -0.05) is 12.2 Å². The minimum atomic E-state index is 0.675. The van der Waals surface area contributed by atoms with E-state index in [1.54, 1.807) is 0 Å². The molecule has 0 spiro atoms. The first-order chi connectivity index (χ1) is 4.61. The van der Waals surface area contributed by atoms with E-state index in [1.807, 2.05) is 0 Å². The first kappa shape index (κ1) is 7.80. The molecule has 1 heterocycles. The zero-order valence-corrected chi connectivity index (χ0v) is 7.22. The summed E-state index contributed by atoms with van der Waals surface area (Å²) < 4.78 is 0. The third kappa shape index (κ3) is 1.40. The summed E-state index contributed by atoms with van der Waals surface area (Å²) >= 11 is 0. The van der Waals surface area contributed by atoms with Crippen molar-refractivity contribution in [2.24, 2.45) is 0 Å². The van der Waals surface area contributed by atoms with Crippen molar-refractivity contribution in [3.05, 3.63) is 12.2 Å². The van der Waals surface area contributed by atoms with Gasteiger partial charge in [0.25, 0.3) is 0 Å². The van der Waals surface area contributed by atoms with E-state index in [2.05, 4.69) is 32.3 Å². The topological polar surface area (TPSA) is 3.24 Å². The molecule has 1 fully saturated rings. The molecule has 0 aromatic heterocycles. The van der Waals surface area contributed by atoms with E-state index in [-0.39, 0.29) is 0 Å². The molecule has 1 rings (SSSR count). The third-order valence-electron chi connectivity index (χ3n) is 2.22. The Hall–Kier alpha value is -0.300. The van der Waals surface area contributed by atoms with Gasteiger partial charge < -0.3 is 0 Å². The van der Waals surface area contributed by atoms with Crippen LogP contribution in [0.4, 0.5) is 0 Å². The fourth-order valence-corrected chi connectivity index (χ4v) is 1.71. The molecule has 58 valence electrons. The summed E-state index contributed by atoms with van der Waals surface area (Å²) in [5.74, 6) is 0. The first-order valence-electron chi connectivity index (χ1n) is 4.03. The lowest BCUT2D eigenvalue weighted by molar-refractivity contribution is 0.218. The van der Waals surface area contributed by atoms with Crippen LogP contribution in [0, 0.1) is 0 Å². The third-order valence-corrected chi connectivity index (χ3v) is 2.22. The van der Waals surface area contributed by atoms with Gasteiger partial charge >= 0.3 is 0 Å². The molecule has 0 aromatic carbocycles. The van der Waals surface area contributed by atoms with Gasteiger partial charge in [-0.2, -0.15) is 0 Å². The van der Waals surface area contributed by atoms with Gasteiger partial charge in [-0.05, 0) is 27.2 Å². The fourth-order valence-electron chi connectivity index (χ4n) is 1.71. The van der Waals surface area contributed by atoms with E-state index in [0.29, 0.717) is 12.1 Å². The van der Waals surface area contributed by atoms with Crippen molar-refractivity contribution in [1.82, 2.24) is 4.90 Å². The minimum Gasteiger partial charge on any atom is -0.294 e. The zero-order valence-electron chi connectivity index (χ0n) is 7.22. The minimum absolute atomic E-state index is 0.675. The predicted octanol–water partition coefficient (Wildman–Crippen LogP) is 2.05. The molecule has 0 aromatic rings. The van der Waals surface area contributed by atoms with E-state index in [4.69, 9.17) is 0 Å². The molecule has 0 saturated carbocycles. The van der Waals surface area contributed by atoms with E-state index in [0.717, 1.165) is 6.54 Å². The van der Waals surface area contributed by atoms with Crippen molar-refractivity contribution in [1.29, 1.82) is 0 Å². The summed E-state index contributed by atoms with van der Waals surface area (Å²) in [6.45, 7) is 11.9. The van der Waals surface area contributed by atoms with Crippen LogP contribution in [0.25, 0.3) is 0 Å². The summed E-state index contributed by atoms with van der Waals surface area (Å²) in [5, 5.41) is 0. The van der Waals surface area contributed by atoms with Gasteiger partial charge in [0.15, 0.2) is 0 Å². The number of nitrogens with zero attached hydrogens (tertiary/aromatic N) is 1. The van der Waals surface area contributed by atoms with Gasteiger partial charge in [-0.25, -0.2) is 0 Å². The molecule has 1 aliphatic heterocycles. The fraction of sp³-hybridized carbons (Fsp3) is 0.778. The van der Waals surface area contributed by atoms with Crippen LogP contribution in [-0.4, -0.2) is 23.5 Å². The van der Waals surface area contributed by atoms with Gasteiger partial charge in [-0.3, -0.25) is 4.90 Å². The van der Waals surface area contributed by atoms with Gasteiger partial charge in [0.05, 0.1) is 0 Å². The number of hydrogen-bond donors (Lipinski definition) is 0. The first-order valence-corrected chi connectivity index (χ1v) is 4.03. The van der Waals surface area contributed by atoms with Gasteiger partial charge in [0.1, 0.15) is 0 Å². The Bertz CT molecular complexity index is 138. The van der Waals surface area contributed by atoms with E-state index in [1.165, 1.54) is 12.0 Å². The van der Waals surface area contributed by atoms with Crippen molar-refractivity contribution >= 4 is 0 Å². The number of rotatable bonds is 1. The second kappa shape index (κ2) is 2.75.